The molecule has 1 aliphatic heterocycles. The molecule has 2 N–H and O–H groups in total. The van der Waals surface area contributed by atoms with Crippen molar-refractivity contribution in [2.24, 2.45) is 5.41 Å². The molecule has 8 heteroatoms. The molecule has 7 nitrogen and oxygen atoms in total. The lowest BCUT2D eigenvalue weighted by molar-refractivity contribution is -0.147. The molecule has 0 saturated carbocycles. The predicted octanol–water partition coefficient (Wildman–Crippen LogP) is 2.89. The van der Waals surface area contributed by atoms with Crippen LogP contribution in [-0.4, -0.2) is 44.9 Å². The number of urea groups is 1. The van der Waals surface area contributed by atoms with Gasteiger partial charge in [0.1, 0.15) is 5.82 Å². The standard InChI is InChI=1S/C19H23FN4O3/c1-12(22-18(27)23-9-8-19(3,11-23)17(25)26)16-10-21-24(13(16)2)15-6-4-14(20)5-7-15/h4-7,10,12H,8-9,11H2,1-3H3,(H,22,27)(H,25,26). The summed E-state index contributed by atoms with van der Waals surface area (Å²) in [7, 11) is 0. The molecule has 2 unspecified atom stereocenters. The highest BCUT2D eigenvalue weighted by atomic mass is 19.1. The maximum atomic E-state index is 13.1. The Morgan fingerprint density at radius 3 is 2.59 bits per heavy atom. The minimum atomic E-state index is -0.899. The molecule has 2 heterocycles. The number of aliphatic carboxylic acids is 1. The molecule has 1 aromatic carbocycles. The van der Waals surface area contributed by atoms with E-state index >= 15 is 0 Å². The fourth-order valence-electron chi connectivity index (χ4n) is 3.35. The van der Waals surface area contributed by atoms with Crippen molar-refractivity contribution in [2.45, 2.75) is 33.2 Å². The molecule has 2 atom stereocenters. The Balaban J connectivity index is 1.70. The zero-order valence-corrected chi connectivity index (χ0v) is 15.6. The van der Waals surface area contributed by atoms with Crippen LogP contribution in [0.5, 0.6) is 0 Å². The zero-order valence-electron chi connectivity index (χ0n) is 15.6. The molecule has 0 aliphatic carbocycles. The molecule has 3 rings (SSSR count). The summed E-state index contributed by atoms with van der Waals surface area (Å²) in [6, 6.07) is 5.42. The number of likely N-dealkylation sites (tertiary alicyclic amines) is 1. The van der Waals surface area contributed by atoms with E-state index < -0.39 is 11.4 Å². The topological polar surface area (TPSA) is 87.5 Å². The number of hydrogen-bond donors (Lipinski definition) is 2. The first-order valence-corrected chi connectivity index (χ1v) is 8.80. The monoisotopic (exact) mass is 374 g/mol. The maximum absolute atomic E-state index is 13.1. The van der Waals surface area contributed by atoms with E-state index in [0.29, 0.717) is 13.0 Å². The van der Waals surface area contributed by atoms with Crippen LogP contribution in [0, 0.1) is 18.2 Å². The Hall–Kier alpha value is -2.90. The van der Waals surface area contributed by atoms with Crippen LogP contribution in [0.25, 0.3) is 5.69 Å². The fraction of sp³-hybridized carbons (Fsp3) is 0.421. The van der Waals surface area contributed by atoms with Crippen molar-refractivity contribution in [3.63, 3.8) is 0 Å². The van der Waals surface area contributed by atoms with Crippen molar-refractivity contribution in [1.82, 2.24) is 20.0 Å². The van der Waals surface area contributed by atoms with Crippen LogP contribution >= 0.6 is 0 Å². The molecule has 2 aromatic rings. The summed E-state index contributed by atoms with van der Waals surface area (Å²) in [6.07, 6.45) is 2.11. The van der Waals surface area contributed by atoms with Crippen molar-refractivity contribution < 1.29 is 19.1 Å². The number of nitrogens with one attached hydrogen (secondary N) is 1. The molecular formula is C19H23FN4O3. The van der Waals surface area contributed by atoms with E-state index in [1.54, 1.807) is 29.9 Å². The molecule has 1 aliphatic rings. The van der Waals surface area contributed by atoms with Gasteiger partial charge in [0.25, 0.3) is 0 Å². The van der Waals surface area contributed by atoms with Crippen molar-refractivity contribution in [3.05, 3.63) is 47.5 Å². The van der Waals surface area contributed by atoms with Gasteiger partial charge in [-0.25, -0.2) is 13.9 Å². The van der Waals surface area contributed by atoms with Crippen LogP contribution in [-0.2, 0) is 4.79 Å². The van der Waals surface area contributed by atoms with E-state index in [1.165, 1.54) is 17.0 Å². The van der Waals surface area contributed by atoms with Crippen LogP contribution in [0.2, 0.25) is 0 Å². The number of benzene rings is 1. The molecule has 1 aromatic heterocycles. The molecule has 0 bridgehead atoms. The second kappa shape index (κ2) is 7.02. The van der Waals surface area contributed by atoms with Crippen LogP contribution in [0.1, 0.15) is 37.6 Å². The first kappa shape index (κ1) is 18.9. The van der Waals surface area contributed by atoms with Gasteiger partial charge in [-0.15, -0.1) is 0 Å². The van der Waals surface area contributed by atoms with Gasteiger partial charge in [0.2, 0.25) is 0 Å². The molecule has 27 heavy (non-hydrogen) atoms. The van der Waals surface area contributed by atoms with Crippen LogP contribution in [0.4, 0.5) is 9.18 Å². The third-order valence-electron chi connectivity index (χ3n) is 5.20. The molecule has 1 saturated heterocycles. The number of amides is 2. The smallest absolute Gasteiger partial charge is 0.317 e. The average molecular weight is 374 g/mol. The van der Waals surface area contributed by atoms with E-state index in [-0.39, 0.29) is 24.4 Å². The van der Waals surface area contributed by atoms with Crippen LogP contribution in [0.3, 0.4) is 0 Å². The number of rotatable bonds is 4. The van der Waals surface area contributed by atoms with Gasteiger partial charge in [-0.3, -0.25) is 4.79 Å². The summed E-state index contributed by atoms with van der Waals surface area (Å²) >= 11 is 0. The third-order valence-corrected chi connectivity index (χ3v) is 5.20. The Morgan fingerprint density at radius 1 is 1.33 bits per heavy atom. The highest BCUT2D eigenvalue weighted by Gasteiger charge is 2.42. The van der Waals surface area contributed by atoms with Gasteiger partial charge < -0.3 is 15.3 Å². The number of halogens is 1. The Labute approximate surface area is 156 Å². The molecule has 0 radical (unpaired) electrons. The number of nitrogens with zero attached hydrogens (tertiary/aromatic N) is 3. The highest BCUT2D eigenvalue weighted by Crippen LogP contribution is 2.30. The molecule has 144 valence electrons. The largest absolute Gasteiger partial charge is 0.481 e. The van der Waals surface area contributed by atoms with Crippen LogP contribution < -0.4 is 5.32 Å². The second-order valence-corrected chi connectivity index (χ2v) is 7.28. The summed E-state index contributed by atoms with van der Waals surface area (Å²) < 4.78 is 14.8. The predicted molar refractivity (Wildman–Crippen MR) is 97.1 cm³/mol. The fourth-order valence-corrected chi connectivity index (χ4v) is 3.35. The molecular weight excluding hydrogens is 351 g/mol. The Kier molecular flexibility index (Phi) is 4.91. The lowest BCUT2D eigenvalue weighted by Crippen LogP contribution is -2.41. The minimum absolute atomic E-state index is 0.189. The molecule has 2 amide bonds. The van der Waals surface area contributed by atoms with Gasteiger partial charge in [-0.1, -0.05) is 0 Å². The highest BCUT2D eigenvalue weighted by molar-refractivity contribution is 5.79. The molecule has 1 fully saturated rings. The summed E-state index contributed by atoms with van der Waals surface area (Å²) in [5, 5.41) is 16.6. The number of aromatic nitrogens is 2. The lowest BCUT2D eigenvalue weighted by Gasteiger charge is -2.23. The van der Waals surface area contributed by atoms with Crippen molar-refractivity contribution in [3.8, 4) is 5.69 Å². The minimum Gasteiger partial charge on any atom is -0.481 e. The maximum Gasteiger partial charge on any atom is 0.317 e. The van der Waals surface area contributed by atoms with Crippen LogP contribution in [0.15, 0.2) is 30.5 Å². The molecule has 0 spiro atoms. The lowest BCUT2D eigenvalue weighted by atomic mass is 9.90. The third kappa shape index (κ3) is 3.65. The summed E-state index contributed by atoms with van der Waals surface area (Å²) in [5.41, 5.74) is 1.51. The number of carbonyl (C=O) groups is 2. The van der Waals surface area contributed by atoms with E-state index in [9.17, 15) is 19.1 Å². The quantitative estimate of drug-likeness (QED) is 0.861. The van der Waals surface area contributed by atoms with Gasteiger partial charge in [0.05, 0.1) is 23.3 Å². The summed E-state index contributed by atoms with van der Waals surface area (Å²) in [4.78, 5) is 25.4. The van der Waals surface area contributed by atoms with Gasteiger partial charge in [-0.2, -0.15) is 5.10 Å². The van der Waals surface area contributed by atoms with Gasteiger partial charge >= 0.3 is 12.0 Å². The number of carboxylic acids is 1. The normalized spacial score (nSPS) is 20.5. The Bertz CT molecular complexity index is 864. The van der Waals surface area contributed by atoms with E-state index in [1.807, 2.05) is 13.8 Å². The zero-order chi connectivity index (χ0) is 19.8. The van der Waals surface area contributed by atoms with E-state index in [4.69, 9.17) is 0 Å². The average Bonchev–Trinajstić information content (AvgIpc) is 3.20. The van der Waals surface area contributed by atoms with Gasteiger partial charge in [-0.05, 0) is 51.5 Å². The second-order valence-electron chi connectivity index (χ2n) is 7.28. The van der Waals surface area contributed by atoms with Gasteiger partial charge in [0, 0.05) is 24.3 Å². The van der Waals surface area contributed by atoms with Crippen molar-refractivity contribution >= 4 is 12.0 Å². The van der Waals surface area contributed by atoms with E-state index in [2.05, 4.69) is 10.4 Å². The van der Waals surface area contributed by atoms with Gasteiger partial charge in [0.15, 0.2) is 0 Å². The number of hydrogen-bond acceptors (Lipinski definition) is 3. The first-order chi connectivity index (χ1) is 12.7. The van der Waals surface area contributed by atoms with E-state index in [0.717, 1.165) is 16.9 Å². The summed E-state index contributed by atoms with van der Waals surface area (Å²) in [5.74, 6) is -1.20. The SMILES string of the molecule is Cc1c(C(C)NC(=O)N2CCC(C)(C(=O)O)C2)cnn1-c1ccc(F)cc1. The Morgan fingerprint density at radius 2 is 2.00 bits per heavy atom. The first-order valence-electron chi connectivity index (χ1n) is 8.80. The number of carbonyl (C=O) groups excluding carboxylic acids is 1. The summed E-state index contributed by atoms with van der Waals surface area (Å²) in [6.45, 7) is 5.99. The van der Waals surface area contributed by atoms with Crippen molar-refractivity contribution in [2.75, 3.05) is 13.1 Å². The number of carboxylic acid groups (broad SMARTS) is 1. The van der Waals surface area contributed by atoms with Crippen molar-refractivity contribution in [1.29, 1.82) is 0 Å².